The van der Waals surface area contributed by atoms with Crippen molar-refractivity contribution in [1.29, 1.82) is 0 Å². The third-order valence-electron chi connectivity index (χ3n) is 4.55. The van der Waals surface area contributed by atoms with E-state index in [1.165, 1.54) is 0 Å². The van der Waals surface area contributed by atoms with E-state index in [0.717, 1.165) is 17.7 Å². The van der Waals surface area contributed by atoms with Gasteiger partial charge in [-0.1, -0.05) is 24.8 Å². The molecule has 1 aliphatic heterocycles. The Balaban J connectivity index is 2.13. The number of hydrogen-bond acceptors (Lipinski definition) is 8. The largest absolute Gasteiger partial charge is 0.493 e. The molecule has 1 aromatic heterocycles. The average Bonchev–Trinajstić information content (AvgIpc) is 3.12. The normalized spacial score (nSPS) is 15.6. The molecule has 0 aliphatic carbocycles. The Labute approximate surface area is 181 Å². The number of nitrogens with one attached hydrogen (secondary N) is 1. The molecule has 3 rings (SSSR count). The summed E-state index contributed by atoms with van der Waals surface area (Å²) in [7, 11) is 3.17. The minimum Gasteiger partial charge on any atom is -0.493 e. The standard InChI is InChI=1S/C21H28N4O4S/c1-7-10-30-21-23-20-22-13(4)17(19(26)29-12(2)3)18(25(20)24-21)14-8-9-15(27-5)16(11-14)28-6/h8-9,11-12,18H,7,10H2,1-6H3,(H,22,23,24). The van der Waals surface area contributed by atoms with Gasteiger partial charge in [0.15, 0.2) is 11.5 Å². The molecule has 0 saturated carbocycles. The quantitative estimate of drug-likeness (QED) is 0.494. The van der Waals surface area contributed by atoms with Crippen LogP contribution < -0.4 is 14.8 Å². The van der Waals surface area contributed by atoms with Crippen LogP contribution in [0.15, 0.2) is 34.6 Å². The number of benzene rings is 1. The van der Waals surface area contributed by atoms with Crippen molar-refractivity contribution >= 4 is 23.7 Å². The van der Waals surface area contributed by atoms with Gasteiger partial charge in [0.1, 0.15) is 6.04 Å². The minimum atomic E-state index is -0.504. The van der Waals surface area contributed by atoms with Crippen molar-refractivity contribution in [2.45, 2.75) is 51.4 Å². The van der Waals surface area contributed by atoms with Crippen LogP contribution >= 0.6 is 11.8 Å². The molecular formula is C21H28N4O4S. The van der Waals surface area contributed by atoms with Crippen molar-refractivity contribution in [3.05, 3.63) is 35.0 Å². The molecule has 162 valence electrons. The minimum absolute atomic E-state index is 0.239. The number of hydrogen-bond donors (Lipinski definition) is 1. The molecule has 0 saturated heterocycles. The molecule has 9 heteroatoms. The maximum absolute atomic E-state index is 13.0. The molecule has 2 heterocycles. The first kappa shape index (κ1) is 22.0. The van der Waals surface area contributed by atoms with Crippen LogP contribution in [0.25, 0.3) is 0 Å². The second kappa shape index (κ2) is 9.42. The Kier molecular flexibility index (Phi) is 6.91. The van der Waals surface area contributed by atoms with E-state index in [9.17, 15) is 4.79 Å². The highest BCUT2D eigenvalue weighted by molar-refractivity contribution is 7.99. The average molecular weight is 433 g/mol. The van der Waals surface area contributed by atoms with Gasteiger partial charge >= 0.3 is 5.97 Å². The summed E-state index contributed by atoms with van der Waals surface area (Å²) >= 11 is 1.58. The molecule has 1 atom stereocenters. The highest BCUT2D eigenvalue weighted by Crippen LogP contribution is 2.39. The fraction of sp³-hybridized carbons (Fsp3) is 0.476. The third-order valence-corrected chi connectivity index (χ3v) is 5.60. The lowest BCUT2D eigenvalue weighted by molar-refractivity contribution is -0.143. The van der Waals surface area contributed by atoms with Gasteiger partial charge < -0.3 is 19.5 Å². The van der Waals surface area contributed by atoms with E-state index in [2.05, 4.69) is 22.3 Å². The fourth-order valence-corrected chi connectivity index (χ4v) is 3.94. The topological polar surface area (TPSA) is 87.5 Å². The van der Waals surface area contributed by atoms with Crippen LogP contribution in [-0.4, -0.2) is 46.8 Å². The van der Waals surface area contributed by atoms with Gasteiger partial charge in [-0.25, -0.2) is 9.48 Å². The van der Waals surface area contributed by atoms with Gasteiger partial charge in [0, 0.05) is 11.4 Å². The molecule has 0 fully saturated rings. The van der Waals surface area contributed by atoms with E-state index < -0.39 is 12.0 Å². The summed E-state index contributed by atoms with van der Waals surface area (Å²) in [5.74, 6) is 2.30. The first-order chi connectivity index (χ1) is 14.4. The maximum atomic E-state index is 13.0. The SMILES string of the molecule is CCCSc1nc2n(n1)C(c1ccc(OC)c(OC)c1)C(C(=O)OC(C)C)=C(C)N2. The number of fused-ring (bicyclic) bond motifs is 1. The number of thioether (sulfide) groups is 1. The molecule has 8 nitrogen and oxygen atoms in total. The second-order valence-electron chi connectivity index (χ2n) is 7.15. The summed E-state index contributed by atoms with van der Waals surface area (Å²) in [5, 5.41) is 8.56. The van der Waals surface area contributed by atoms with E-state index >= 15 is 0 Å². The summed E-state index contributed by atoms with van der Waals surface area (Å²) in [6.07, 6.45) is 0.779. The molecule has 30 heavy (non-hydrogen) atoms. The summed E-state index contributed by atoms with van der Waals surface area (Å²) in [5.41, 5.74) is 2.00. The van der Waals surface area contributed by atoms with E-state index in [1.807, 2.05) is 39.0 Å². The van der Waals surface area contributed by atoms with Gasteiger partial charge in [-0.15, -0.1) is 5.10 Å². The van der Waals surface area contributed by atoms with Crippen LogP contribution in [0.2, 0.25) is 0 Å². The highest BCUT2D eigenvalue weighted by Gasteiger charge is 2.36. The fourth-order valence-electron chi connectivity index (χ4n) is 3.26. The van der Waals surface area contributed by atoms with Crippen molar-refractivity contribution in [2.75, 3.05) is 25.3 Å². The molecule has 2 aromatic rings. The second-order valence-corrected chi connectivity index (χ2v) is 8.21. The van der Waals surface area contributed by atoms with Gasteiger partial charge in [-0.2, -0.15) is 4.98 Å². The van der Waals surface area contributed by atoms with Crippen LogP contribution in [0.4, 0.5) is 5.95 Å². The smallest absolute Gasteiger partial charge is 0.338 e. The number of esters is 1. The Morgan fingerprint density at radius 1 is 1.27 bits per heavy atom. The molecule has 1 N–H and O–H groups in total. The van der Waals surface area contributed by atoms with Crippen molar-refractivity contribution in [2.24, 2.45) is 0 Å². The molecule has 1 unspecified atom stereocenters. The number of anilines is 1. The summed E-state index contributed by atoms with van der Waals surface area (Å²) in [4.78, 5) is 17.6. The molecule has 0 spiro atoms. The monoisotopic (exact) mass is 432 g/mol. The number of rotatable bonds is 8. The highest BCUT2D eigenvalue weighted by atomic mass is 32.2. The number of carbonyl (C=O) groups excluding carboxylic acids is 1. The number of methoxy groups -OCH3 is 2. The first-order valence-corrected chi connectivity index (χ1v) is 10.9. The van der Waals surface area contributed by atoms with Gasteiger partial charge in [-0.05, 0) is 44.9 Å². The predicted molar refractivity (Wildman–Crippen MR) is 116 cm³/mol. The predicted octanol–water partition coefficient (Wildman–Crippen LogP) is 4.04. The van der Waals surface area contributed by atoms with Crippen LogP contribution in [0.3, 0.4) is 0 Å². The summed E-state index contributed by atoms with van der Waals surface area (Å²) < 4.78 is 18.1. The lowest BCUT2D eigenvalue weighted by atomic mass is 9.95. The van der Waals surface area contributed by atoms with Gasteiger partial charge in [-0.3, -0.25) is 0 Å². The molecule has 0 amide bonds. The lowest BCUT2D eigenvalue weighted by Crippen LogP contribution is -2.30. The number of ether oxygens (including phenoxy) is 3. The van der Waals surface area contributed by atoms with Crippen LogP contribution in [0.5, 0.6) is 11.5 Å². The Bertz CT molecular complexity index is 954. The van der Waals surface area contributed by atoms with Gasteiger partial charge in [0.2, 0.25) is 11.1 Å². The number of allylic oxidation sites excluding steroid dienone is 1. The molecule has 1 aliphatic rings. The van der Waals surface area contributed by atoms with Gasteiger partial charge in [0.25, 0.3) is 0 Å². The number of nitrogens with zero attached hydrogens (tertiary/aromatic N) is 3. The van der Waals surface area contributed by atoms with Crippen molar-refractivity contribution in [3.63, 3.8) is 0 Å². The van der Waals surface area contributed by atoms with E-state index in [1.54, 1.807) is 30.7 Å². The van der Waals surface area contributed by atoms with Crippen LogP contribution in [-0.2, 0) is 9.53 Å². The Hall–Kier alpha value is -2.68. The van der Waals surface area contributed by atoms with E-state index in [0.29, 0.717) is 33.9 Å². The molecule has 0 radical (unpaired) electrons. The number of aromatic nitrogens is 3. The molecule has 0 bridgehead atoms. The van der Waals surface area contributed by atoms with Gasteiger partial charge in [0.05, 0.1) is 25.9 Å². The Morgan fingerprint density at radius 2 is 2.00 bits per heavy atom. The zero-order chi connectivity index (χ0) is 21.8. The summed E-state index contributed by atoms with van der Waals surface area (Å²) in [6, 6.07) is 5.07. The van der Waals surface area contributed by atoms with E-state index in [-0.39, 0.29) is 6.10 Å². The first-order valence-electron chi connectivity index (χ1n) is 9.89. The maximum Gasteiger partial charge on any atom is 0.338 e. The third kappa shape index (κ3) is 4.40. The Morgan fingerprint density at radius 3 is 2.63 bits per heavy atom. The van der Waals surface area contributed by atoms with E-state index in [4.69, 9.17) is 14.2 Å². The van der Waals surface area contributed by atoms with Crippen molar-refractivity contribution in [3.8, 4) is 11.5 Å². The van der Waals surface area contributed by atoms with Crippen LogP contribution in [0, 0.1) is 0 Å². The molecule has 1 aromatic carbocycles. The van der Waals surface area contributed by atoms with Crippen LogP contribution in [0.1, 0.15) is 45.7 Å². The lowest BCUT2D eigenvalue weighted by Gasteiger charge is -2.29. The molecular weight excluding hydrogens is 404 g/mol. The number of carbonyl (C=O) groups is 1. The van der Waals surface area contributed by atoms with Crippen molar-refractivity contribution in [1.82, 2.24) is 14.8 Å². The summed E-state index contributed by atoms with van der Waals surface area (Å²) in [6.45, 7) is 7.62. The zero-order valence-corrected chi connectivity index (χ0v) is 19.0. The zero-order valence-electron chi connectivity index (χ0n) is 18.2. The van der Waals surface area contributed by atoms with Crippen molar-refractivity contribution < 1.29 is 19.0 Å².